The van der Waals surface area contributed by atoms with E-state index in [9.17, 15) is 4.79 Å². The highest BCUT2D eigenvalue weighted by molar-refractivity contribution is 9.10. The zero-order chi connectivity index (χ0) is 15.4. The number of methoxy groups -OCH3 is 1. The molecule has 2 aromatic rings. The minimum absolute atomic E-state index is 0.105. The van der Waals surface area contributed by atoms with Gasteiger partial charge >= 0.3 is 0 Å². The standard InChI is InChI=1S/C16H17BrN2O2/c1-19(10-11-4-3-5-12(17)8-11)16(20)14-7-6-13(18)9-15(14)21-2/h3-9H,10,18H2,1-2H3. The van der Waals surface area contributed by atoms with E-state index in [2.05, 4.69) is 15.9 Å². The minimum Gasteiger partial charge on any atom is -0.496 e. The Balaban J connectivity index is 2.19. The van der Waals surface area contributed by atoms with Gasteiger partial charge in [0.05, 0.1) is 12.7 Å². The molecule has 5 heteroatoms. The number of nitrogens with two attached hydrogens (primary N) is 1. The van der Waals surface area contributed by atoms with Crippen LogP contribution in [-0.2, 0) is 6.54 Å². The second kappa shape index (κ2) is 6.63. The fraction of sp³-hybridized carbons (Fsp3) is 0.188. The largest absolute Gasteiger partial charge is 0.496 e. The summed E-state index contributed by atoms with van der Waals surface area (Å²) in [7, 11) is 3.29. The molecule has 4 nitrogen and oxygen atoms in total. The number of hydrogen-bond acceptors (Lipinski definition) is 3. The third-order valence-electron chi connectivity index (χ3n) is 3.11. The van der Waals surface area contributed by atoms with E-state index in [-0.39, 0.29) is 5.91 Å². The number of carbonyl (C=O) groups excluding carboxylic acids is 1. The predicted molar refractivity (Wildman–Crippen MR) is 87.3 cm³/mol. The molecular formula is C16H17BrN2O2. The van der Waals surface area contributed by atoms with Crippen molar-refractivity contribution in [3.05, 3.63) is 58.1 Å². The zero-order valence-electron chi connectivity index (χ0n) is 12.0. The maximum absolute atomic E-state index is 12.5. The molecule has 2 aromatic carbocycles. The zero-order valence-corrected chi connectivity index (χ0v) is 13.6. The van der Waals surface area contributed by atoms with Crippen LogP contribution in [0.5, 0.6) is 5.75 Å². The highest BCUT2D eigenvalue weighted by atomic mass is 79.9. The molecule has 0 spiro atoms. The Kier molecular flexibility index (Phi) is 4.85. The van der Waals surface area contributed by atoms with E-state index < -0.39 is 0 Å². The molecule has 21 heavy (non-hydrogen) atoms. The molecule has 2 rings (SSSR count). The number of rotatable bonds is 4. The van der Waals surface area contributed by atoms with Crippen molar-refractivity contribution >= 4 is 27.5 Å². The number of nitrogens with zero attached hydrogens (tertiary/aromatic N) is 1. The van der Waals surface area contributed by atoms with E-state index in [0.29, 0.717) is 23.5 Å². The van der Waals surface area contributed by atoms with E-state index in [0.717, 1.165) is 10.0 Å². The van der Waals surface area contributed by atoms with Crippen molar-refractivity contribution in [2.45, 2.75) is 6.54 Å². The van der Waals surface area contributed by atoms with Crippen molar-refractivity contribution in [1.82, 2.24) is 4.90 Å². The number of halogens is 1. The summed E-state index contributed by atoms with van der Waals surface area (Å²) in [4.78, 5) is 14.2. The Morgan fingerprint density at radius 3 is 2.71 bits per heavy atom. The molecule has 0 fully saturated rings. The molecule has 110 valence electrons. The van der Waals surface area contributed by atoms with E-state index in [1.54, 1.807) is 30.1 Å². The van der Waals surface area contributed by atoms with Crippen LogP contribution in [0.1, 0.15) is 15.9 Å². The third-order valence-corrected chi connectivity index (χ3v) is 3.60. The number of hydrogen-bond donors (Lipinski definition) is 1. The second-order valence-corrected chi connectivity index (χ2v) is 5.67. The number of carbonyl (C=O) groups is 1. The summed E-state index contributed by atoms with van der Waals surface area (Å²) in [5.41, 5.74) is 7.83. The normalized spacial score (nSPS) is 10.2. The summed E-state index contributed by atoms with van der Waals surface area (Å²) in [6, 6.07) is 12.9. The highest BCUT2D eigenvalue weighted by Crippen LogP contribution is 2.23. The quantitative estimate of drug-likeness (QED) is 0.862. The van der Waals surface area contributed by atoms with Crippen LogP contribution in [-0.4, -0.2) is 25.0 Å². The van der Waals surface area contributed by atoms with Gasteiger partial charge in [0.25, 0.3) is 5.91 Å². The fourth-order valence-corrected chi connectivity index (χ4v) is 2.52. The average Bonchev–Trinajstić information content (AvgIpc) is 2.46. The topological polar surface area (TPSA) is 55.6 Å². The van der Waals surface area contributed by atoms with Gasteiger partial charge in [0.2, 0.25) is 0 Å². The van der Waals surface area contributed by atoms with Crippen LogP contribution < -0.4 is 10.5 Å². The molecule has 0 heterocycles. The number of amides is 1. The first-order chi connectivity index (χ1) is 10.0. The van der Waals surface area contributed by atoms with Crippen molar-refractivity contribution in [1.29, 1.82) is 0 Å². The average molecular weight is 349 g/mol. The SMILES string of the molecule is COc1cc(N)ccc1C(=O)N(C)Cc1cccc(Br)c1. The summed E-state index contributed by atoms with van der Waals surface area (Å²) < 4.78 is 6.22. The molecular weight excluding hydrogens is 332 g/mol. The van der Waals surface area contributed by atoms with Gasteiger partial charge < -0.3 is 15.4 Å². The van der Waals surface area contributed by atoms with Crippen molar-refractivity contribution in [2.75, 3.05) is 19.9 Å². The van der Waals surface area contributed by atoms with Gasteiger partial charge in [-0.1, -0.05) is 28.1 Å². The lowest BCUT2D eigenvalue weighted by molar-refractivity contribution is 0.0782. The molecule has 0 radical (unpaired) electrons. The minimum atomic E-state index is -0.105. The van der Waals surface area contributed by atoms with Gasteiger partial charge in [-0.3, -0.25) is 4.79 Å². The maximum Gasteiger partial charge on any atom is 0.257 e. The van der Waals surface area contributed by atoms with Crippen LogP contribution in [0.25, 0.3) is 0 Å². The summed E-state index contributed by atoms with van der Waals surface area (Å²) in [5.74, 6) is 0.382. The van der Waals surface area contributed by atoms with Crippen molar-refractivity contribution in [3.8, 4) is 5.75 Å². The number of nitrogen functional groups attached to an aromatic ring is 1. The van der Waals surface area contributed by atoms with E-state index in [1.165, 1.54) is 7.11 Å². The first kappa shape index (κ1) is 15.4. The molecule has 0 unspecified atom stereocenters. The van der Waals surface area contributed by atoms with Gasteiger partial charge in [-0.05, 0) is 29.8 Å². The second-order valence-electron chi connectivity index (χ2n) is 4.75. The highest BCUT2D eigenvalue weighted by Gasteiger charge is 2.17. The van der Waals surface area contributed by atoms with Gasteiger partial charge in [-0.2, -0.15) is 0 Å². The van der Waals surface area contributed by atoms with Crippen LogP contribution in [0.15, 0.2) is 46.9 Å². The van der Waals surface area contributed by atoms with Gasteiger partial charge in [-0.25, -0.2) is 0 Å². The van der Waals surface area contributed by atoms with E-state index in [4.69, 9.17) is 10.5 Å². The Hall–Kier alpha value is -2.01. The monoisotopic (exact) mass is 348 g/mol. The molecule has 0 saturated heterocycles. The number of ether oxygens (including phenoxy) is 1. The van der Waals surface area contributed by atoms with Gasteiger partial charge in [0.15, 0.2) is 0 Å². The Morgan fingerprint density at radius 1 is 1.29 bits per heavy atom. The maximum atomic E-state index is 12.5. The lowest BCUT2D eigenvalue weighted by atomic mass is 10.1. The molecule has 0 aliphatic carbocycles. The lowest BCUT2D eigenvalue weighted by Crippen LogP contribution is -2.26. The molecule has 0 aliphatic rings. The van der Waals surface area contributed by atoms with Crippen molar-refractivity contribution in [3.63, 3.8) is 0 Å². The van der Waals surface area contributed by atoms with Crippen LogP contribution in [0.2, 0.25) is 0 Å². The molecule has 1 amide bonds. The first-order valence-corrected chi connectivity index (χ1v) is 7.24. The van der Waals surface area contributed by atoms with Crippen molar-refractivity contribution < 1.29 is 9.53 Å². The Bertz CT molecular complexity index is 658. The van der Waals surface area contributed by atoms with Crippen LogP contribution in [0, 0.1) is 0 Å². The van der Waals surface area contributed by atoms with Gasteiger partial charge in [-0.15, -0.1) is 0 Å². The van der Waals surface area contributed by atoms with Gasteiger partial charge in [0, 0.05) is 29.8 Å². The van der Waals surface area contributed by atoms with Gasteiger partial charge in [0.1, 0.15) is 5.75 Å². The fourth-order valence-electron chi connectivity index (χ4n) is 2.07. The molecule has 0 saturated carbocycles. The third kappa shape index (κ3) is 3.76. The number of benzene rings is 2. The predicted octanol–water partition coefficient (Wildman–Crippen LogP) is 3.31. The Labute approximate surface area is 132 Å². The number of anilines is 1. The first-order valence-electron chi connectivity index (χ1n) is 6.44. The van der Waals surface area contributed by atoms with Crippen LogP contribution in [0.3, 0.4) is 0 Å². The van der Waals surface area contributed by atoms with Crippen LogP contribution >= 0.6 is 15.9 Å². The summed E-state index contributed by atoms with van der Waals surface area (Å²) in [6.07, 6.45) is 0. The molecule has 0 atom stereocenters. The smallest absolute Gasteiger partial charge is 0.257 e. The molecule has 2 N–H and O–H groups in total. The van der Waals surface area contributed by atoms with E-state index in [1.807, 2.05) is 24.3 Å². The summed E-state index contributed by atoms with van der Waals surface area (Å²) in [6.45, 7) is 0.520. The molecule has 0 aliphatic heterocycles. The summed E-state index contributed by atoms with van der Waals surface area (Å²) >= 11 is 3.43. The van der Waals surface area contributed by atoms with E-state index >= 15 is 0 Å². The summed E-state index contributed by atoms with van der Waals surface area (Å²) in [5, 5.41) is 0. The lowest BCUT2D eigenvalue weighted by Gasteiger charge is -2.19. The van der Waals surface area contributed by atoms with Crippen molar-refractivity contribution in [2.24, 2.45) is 0 Å². The molecule has 0 bridgehead atoms. The molecule has 0 aromatic heterocycles. The Morgan fingerprint density at radius 2 is 2.05 bits per heavy atom. The van der Waals surface area contributed by atoms with Crippen LogP contribution in [0.4, 0.5) is 5.69 Å².